The van der Waals surface area contributed by atoms with Gasteiger partial charge >= 0.3 is 0 Å². The van der Waals surface area contributed by atoms with Crippen molar-refractivity contribution in [3.63, 3.8) is 0 Å². The fourth-order valence-corrected chi connectivity index (χ4v) is 2.15. The number of hydrogen-bond acceptors (Lipinski definition) is 3. The number of imidazole rings is 1. The third-order valence-electron chi connectivity index (χ3n) is 2.21. The lowest BCUT2D eigenvalue weighted by molar-refractivity contribution is 0.606. The lowest BCUT2D eigenvalue weighted by atomic mass is 10.3. The normalized spacial score (nSPS) is 11.0. The molecular formula is C11H15ClN2O2S. The van der Waals surface area contributed by atoms with Crippen LogP contribution in [0.1, 0.15) is 32.5 Å². The highest BCUT2D eigenvalue weighted by Gasteiger charge is 2.17. The van der Waals surface area contributed by atoms with Crippen LogP contribution in [-0.4, -0.2) is 18.0 Å². The van der Waals surface area contributed by atoms with E-state index in [0.717, 1.165) is 18.7 Å². The topological polar surface area (TPSA) is 52.0 Å². The number of aryl methyl sites for hydroxylation is 2. The highest BCUT2D eigenvalue weighted by Crippen LogP contribution is 2.15. The molecule has 0 aromatic carbocycles. The molecule has 6 heteroatoms. The molecule has 0 amide bonds. The van der Waals surface area contributed by atoms with E-state index in [4.69, 9.17) is 10.7 Å². The van der Waals surface area contributed by atoms with Crippen LogP contribution in [0.2, 0.25) is 0 Å². The summed E-state index contributed by atoms with van der Waals surface area (Å²) in [6.45, 7) is 4.42. The van der Waals surface area contributed by atoms with Gasteiger partial charge in [-0.1, -0.05) is 6.92 Å². The van der Waals surface area contributed by atoms with Gasteiger partial charge in [-0.05, 0) is 13.3 Å². The molecule has 0 aliphatic heterocycles. The van der Waals surface area contributed by atoms with Crippen molar-refractivity contribution in [2.24, 2.45) is 0 Å². The van der Waals surface area contributed by atoms with Crippen LogP contribution in [0.5, 0.6) is 0 Å². The van der Waals surface area contributed by atoms with E-state index in [0.29, 0.717) is 13.0 Å². The molecule has 1 aromatic heterocycles. The Morgan fingerprint density at radius 1 is 1.53 bits per heavy atom. The Labute approximate surface area is 106 Å². The molecule has 0 N–H and O–H groups in total. The van der Waals surface area contributed by atoms with Gasteiger partial charge in [-0.25, -0.2) is 13.4 Å². The van der Waals surface area contributed by atoms with Crippen LogP contribution in [0.4, 0.5) is 0 Å². The maximum atomic E-state index is 11.2. The molecule has 1 aromatic rings. The highest BCUT2D eigenvalue weighted by atomic mass is 35.7. The Morgan fingerprint density at radius 3 is 2.76 bits per heavy atom. The largest absolute Gasteiger partial charge is 0.333 e. The summed E-state index contributed by atoms with van der Waals surface area (Å²) in [7, 11) is 1.52. The number of aromatic nitrogens is 2. The van der Waals surface area contributed by atoms with Crippen molar-refractivity contribution in [2.45, 2.75) is 44.7 Å². The summed E-state index contributed by atoms with van der Waals surface area (Å²) in [5.41, 5.74) is 0. The molecule has 4 nitrogen and oxygen atoms in total. The van der Waals surface area contributed by atoms with Gasteiger partial charge in [-0.2, -0.15) is 0 Å². The van der Waals surface area contributed by atoms with Crippen molar-refractivity contribution in [3.8, 4) is 11.8 Å². The monoisotopic (exact) mass is 274 g/mol. The number of hydrogen-bond donors (Lipinski definition) is 0. The standard InChI is InChI=1S/C11H15ClN2O2S/c1-3-5-6-8-14-9-11(17(12,15)16)13-10(14)7-4-2/h9H,4,6-8H2,1-2H3. The van der Waals surface area contributed by atoms with E-state index in [1.165, 1.54) is 6.20 Å². The molecule has 0 aliphatic rings. The summed E-state index contributed by atoms with van der Waals surface area (Å²) in [6.07, 6.45) is 3.78. The van der Waals surface area contributed by atoms with E-state index in [1.807, 2.05) is 11.5 Å². The summed E-state index contributed by atoms with van der Waals surface area (Å²) >= 11 is 0. The third kappa shape index (κ3) is 4.06. The molecule has 0 atom stereocenters. The molecule has 1 heterocycles. The van der Waals surface area contributed by atoms with Crippen molar-refractivity contribution < 1.29 is 8.42 Å². The third-order valence-corrected chi connectivity index (χ3v) is 3.39. The molecule has 17 heavy (non-hydrogen) atoms. The number of halogens is 1. The fourth-order valence-electron chi connectivity index (χ4n) is 1.46. The van der Waals surface area contributed by atoms with E-state index < -0.39 is 9.05 Å². The van der Waals surface area contributed by atoms with Gasteiger partial charge in [0.05, 0.1) is 0 Å². The van der Waals surface area contributed by atoms with E-state index in [-0.39, 0.29) is 5.03 Å². The predicted octanol–water partition coefficient (Wildman–Crippen LogP) is 2.18. The molecule has 94 valence electrons. The van der Waals surface area contributed by atoms with Gasteiger partial charge in [0.1, 0.15) is 5.82 Å². The fraction of sp³-hybridized carbons (Fsp3) is 0.545. The van der Waals surface area contributed by atoms with Crippen molar-refractivity contribution in [3.05, 3.63) is 12.0 Å². The summed E-state index contributed by atoms with van der Waals surface area (Å²) in [4.78, 5) is 4.04. The average Bonchev–Trinajstić information content (AvgIpc) is 2.62. The highest BCUT2D eigenvalue weighted by molar-refractivity contribution is 8.13. The molecule has 0 spiro atoms. The van der Waals surface area contributed by atoms with Gasteiger partial charge in [0.25, 0.3) is 9.05 Å². The Kier molecular flexibility index (Phi) is 5.03. The molecule has 0 saturated heterocycles. The van der Waals surface area contributed by atoms with Gasteiger partial charge in [0, 0.05) is 36.3 Å². The maximum absolute atomic E-state index is 11.2. The molecule has 0 fully saturated rings. The summed E-state index contributed by atoms with van der Waals surface area (Å²) < 4.78 is 24.2. The predicted molar refractivity (Wildman–Crippen MR) is 67.3 cm³/mol. The minimum Gasteiger partial charge on any atom is -0.333 e. The second-order valence-electron chi connectivity index (χ2n) is 3.55. The van der Waals surface area contributed by atoms with Crippen molar-refractivity contribution >= 4 is 19.7 Å². The zero-order valence-electron chi connectivity index (χ0n) is 9.90. The molecule has 0 saturated carbocycles. The van der Waals surface area contributed by atoms with Crippen LogP contribution >= 0.6 is 10.7 Å². The first kappa shape index (κ1) is 14.1. The summed E-state index contributed by atoms with van der Waals surface area (Å²) in [5, 5.41) is -0.0768. The van der Waals surface area contributed by atoms with Crippen molar-refractivity contribution in [2.75, 3.05) is 0 Å². The second kappa shape index (κ2) is 6.08. The number of nitrogens with zero attached hydrogens (tertiary/aromatic N) is 2. The lowest BCUT2D eigenvalue weighted by Gasteiger charge is -2.03. The zero-order chi connectivity index (χ0) is 12.9. The van der Waals surface area contributed by atoms with Crippen molar-refractivity contribution in [1.29, 1.82) is 0 Å². The van der Waals surface area contributed by atoms with Crippen LogP contribution in [0.3, 0.4) is 0 Å². The quantitative estimate of drug-likeness (QED) is 0.611. The average molecular weight is 275 g/mol. The minimum absolute atomic E-state index is 0.0768. The van der Waals surface area contributed by atoms with Gasteiger partial charge in [-0.3, -0.25) is 0 Å². The van der Waals surface area contributed by atoms with Crippen LogP contribution in [0, 0.1) is 11.8 Å². The Bertz CT molecular complexity index is 538. The Balaban J connectivity index is 2.99. The van der Waals surface area contributed by atoms with Gasteiger partial charge < -0.3 is 4.57 Å². The Morgan fingerprint density at radius 2 is 2.24 bits per heavy atom. The van der Waals surface area contributed by atoms with Crippen LogP contribution in [0.25, 0.3) is 0 Å². The minimum atomic E-state index is -3.75. The van der Waals surface area contributed by atoms with Gasteiger partial charge in [0.2, 0.25) is 0 Å². The SMILES string of the molecule is CC#CCCn1cc(S(=O)(=O)Cl)nc1CCC. The van der Waals surface area contributed by atoms with Gasteiger partial charge in [0.15, 0.2) is 5.03 Å². The van der Waals surface area contributed by atoms with Crippen LogP contribution in [0.15, 0.2) is 11.2 Å². The summed E-state index contributed by atoms with van der Waals surface area (Å²) in [6, 6.07) is 0. The number of rotatable bonds is 5. The van der Waals surface area contributed by atoms with Crippen LogP contribution in [-0.2, 0) is 22.0 Å². The molecule has 0 unspecified atom stereocenters. The van der Waals surface area contributed by atoms with E-state index in [2.05, 4.69) is 16.8 Å². The first-order chi connectivity index (χ1) is 7.99. The lowest BCUT2D eigenvalue weighted by Crippen LogP contribution is -2.02. The van der Waals surface area contributed by atoms with E-state index in [1.54, 1.807) is 6.92 Å². The summed E-state index contributed by atoms with van der Waals surface area (Å²) in [5.74, 6) is 6.47. The smallest absolute Gasteiger partial charge is 0.280 e. The first-order valence-electron chi connectivity index (χ1n) is 5.39. The molecular weight excluding hydrogens is 260 g/mol. The molecule has 0 aliphatic carbocycles. The van der Waals surface area contributed by atoms with Crippen molar-refractivity contribution in [1.82, 2.24) is 9.55 Å². The Hall–Kier alpha value is -0.990. The molecule has 0 radical (unpaired) electrons. The maximum Gasteiger partial charge on any atom is 0.280 e. The molecule has 1 rings (SSSR count). The zero-order valence-corrected chi connectivity index (χ0v) is 11.5. The van der Waals surface area contributed by atoms with E-state index in [9.17, 15) is 8.42 Å². The van der Waals surface area contributed by atoms with Crippen LogP contribution < -0.4 is 0 Å². The van der Waals surface area contributed by atoms with Gasteiger partial charge in [-0.15, -0.1) is 11.8 Å². The second-order valence-corrected chi connectivity index (χ2v) is 6.07. The molecule has 0 bridgehead atoms. The first-order valence-corrected chi connectivity index (χ1v) is 7.70. The van der Waals surface area contributed by atoms with E-state index >= 15 is 0 Å².